The molecule has 1 fully saturated rings. The van der Waals surface area contributed by atoms with Gasteiger partial charge in [-0.05, 0) is 51.1 Å². The zero-order valence-electron chi connectivity index (χ0n) is 11.8. The van der Waals surface area contributed by atoms with Crippen LogP contribution in [0.2, 0.25) is 0 Å². The molecule has 0 amide bonds. The number of hydrogen-bond acceptors (Lipinski definition) is 4. The second kappa shape index (κ2) is 6.78. The molecule has 0 aliphatic carbocycles. The van der Waals surface area contributed by atoms with Gasteiger partial charge < -0.3 is 20.1 Å². The molecule has 106 valence electrons. The van der Waals surface area contributed by atoms with Crippen molar-refractivity contribution in [1.29, 1.82) is 0 Å². The summed E-state index contributed by atoms with van der Waals surface area (Å²) in [5, 5.41) is 0. The third-order valence-corrected chi connectivity index (χ3v) is 3.33. The van der Waals surface area contributed by atoms with Crippen molar-refractivity contribution in [2.45, 2.75) is 32.5 Å². The molecule has 0 saturated carbocycles. The second-order valence-corrected chi connectivity index (χ2v) is 4.98. The van der Waals surface area contributed by atoms with Gasteiger partial charge in [-0.3, -0.25) is 0 Å². The van der Waals surface area contributed by atoms with Crippen LogP contribution >= 0.6 is 0 Å². The number of nitrogens with two attached hydrogens (primary N) is 1. The van der Waals surface area contributed by atoms with Crippen molar-refractivity contribution in [2.75, 3.05) is 31.1 Å². The molecule has 0 spiro atoms. The fourth-order valence-electron chi connectivity index (χ4n) is 2.52. The summed E-state index contributed by atoms with van der Waals surface area (Å²) in [6.45, 7) is 7.32. The van der Waals surface area contributed by atoms with Gasteiger partial charge in [-0.1, -0.05) is 0 Å². The molecule has 2 atom stereocenters. The van der Waals surface area contributed by atoms with Crippen LogP contribution in [0, 0.1) is 0 Å². The van der Waals surface area contributed by atoms with Gasteiger partial charge in [0.1, 0.15) is 5.75 Å². The highest BCUT2D eigenvalue weighted by molar-refractivity contribution is 5.49. The molecule has 1 saturated heterocycles. The first kappa shape index (κ1) is 14.2. The molecular weight excluding hydrogens is 240 g/mol. The molecule has 2 rings (SSSR count). The van der Waals surface area contributed by atoms with E-state index in [4.69, 9.17) is 15.2 Å². The quantitative estimate of drug-likeness (QED) is 0.884. The predicted octanol–water partition coefficient (Wildman–Crippen LogP) is 2.03. The minimum absolute atomic E-state index is 0.236. The number of benzene rings is 1. The summed E-state index contributed by atoms with van der Waals surface area (Å²) in [5.74, 6) is 0.922. The summed E-state index contributed by atoms with van der Waals surface area (Å²) in [6.07, 6.45) is 1.40. The summed E-state index contributed by atoms with van der Waals surface area (Å²) >= 11 is 0. The normalized spacial score (nSPS) is 23.4. The third-order valence-electron chi connectivity index (χ3n) is 3.33. The lowest BCUT2D eigenvalue weighted by atomic mass is 10.1. The molecule has 4 heteroatoms. The number of anilines is 1. The Morgan fingerprint density at radius 2 is 2.05 bits per heavy atom. The van der Waals surface area contributed by atoms with Crippen LogP contribution in [0.4, 0.5) is 5.69 Å². The fourth-order valence-corrected chi connectivity index (χ4v) is 2.52. The van der Waals surface area contributed by atoms with Gasteiger partial charge >= 0.3 is 0 Å². The molecule has 1 aliphatic heterocycles. The Morgan fingerprint density at radius 3 is 2.68 bits per heavy atom. The van der Waals surface area contributed by atoms with Crippen LogP contribution < -0.4 is 15.4 Å². The minimum Gasteiger partial charge on any atom is -0.494 e. The van der Waals surface area contributed by atoms with Crippen LogP contribution in [0.3, 0.4) is 0 Å². The van der Waals surface area contributed by atoms with Crippen molar-refractivity contribution >= 4 is 5.69 Å². The van der Waals surface area contributed by atoms with Gasteiger partial charge in [-0.25, -0.2) is 0 Å². The summed E-state index contributed by atoms with van der Waals surface area (Å²) < 4.78 is 11.4. The SMILES string of the molecule is CCOc1ccc(N2CC(C)OC(CCN)C2)cc1. The van der Waals surface area contributed by atoms with Crippen LogP contribution in [-0.2, 0) is 4.74 Å². The number of nitrogens with zero attached hydrogens (tertiary/aromatic N) is 1. The summed E-state index contributed by atoms with van der Waals surface area (Å²) in [6, 6.07) is 8.28. The van der Waals surface area contributed by atoms with E-state index in [9.17, 15) is 0 Å². The van der Waals surface area contributed by atoms with E-state index in [1.807, 2.05) is 19.1 Å². The van der Waals surface area contributed by atoms with Crippen LogP contribution in [-0.4, -0.2) is 38.4 Å². The summed E-state index contributed by atoms with van der Waals surface area (Å²) in [4.78, 5) is 2.37. The van der Waals surface area contributed by atoms with E-state index in [2.05, 4.69) is 24.0 Å². The number of hydrogen-bond donors (Lipinski definition) is 1. The maximum atomic E-state index is 5.89. The topological polar surface area (TPSA) is 47.7 Å². The van der Waals surface area contributed by atoms with Crippen molar-refractivity contribution in [3.8, 4) is 5.75 Å². The van der Waals surface area contributed by atoms with Crippen molar-refractivity contribution in [3.63, 3.8) is 0 Å². The summed E-state index contributed by atoms with van der Waals surface area (Å²) in [7, 11) is 0. The van der Waals surface area contributed by atoms with Crippen LogP contribution in [0.15, 0.2) is 24.3 Å². The number of rotatable bonds is 5. The maximum Gasteiger partial charge on any atom is 0.119 e. The van der Waals surface area contributed by atoms with Gasteiger partial charge in [-0.2, -0.15) is 0 Å². The Balaban J connectivity index is 2.03. The lowest BCUT2D eigenvalue weighted by molar-refractivity contribution is -0.0183. The molecule has 1 aliphatic rings. The lowest BCUT2D eigenvalue weighted by Crippen LogP contribution is -2.47. The predicted molar refractivity (Wildman–Crippen MR) is 77.8 cm³/mol. The van der Waals surface area contributed by atoms with E-state index < -0.39 is 0 Å². The largest absolute Gasteiger partial charge is 0.494 e. The Kier molecular flexibility index (Phi) is 5.05. The molecule has 0 bridgehead atoms. The highest BCUT2D eigenvalue weighted by atomic mass is 16.5. The molecular formula is C15H24N2O2. The zero-order valence-corrected chi connectivity index (χ0v) is 11.8. The van der Waals surface area contributed by atoms with Gasteiger partial charge in [0.2, 0.25) is 0 Å². The van der Waals surface area contributed by atoms with Crippen LogP contribution in [0.5, 0.6) is 5.75 Å². The molecule has 19 heavy (non-hydrogen) atoms. The van der Waals surface area contributed by atoms with Crippen LogP contribution in [0.1, 0.15) is 20.3 Å². The smallest absolute Gasteiger partial charge is 0.119 e. The first-order chi connectivity index (χ1) is 9.22. The molecule has 2 unspecified atom stereocenters. The van der Waals surface area contributed by atoms with Crippen molar-refractivity contribution in [1.82, 2.24) is 0 Å². The average Bonchev–Trinajstić information content (AvgIpc) is 2.40. The van der Waals surface area contributed by atoms with E-state index in [-0.39, 0.29) is 12.2 Å². The molecule has 1 aromatic rings. The number of ether oxygens (including phenoxy) is 2. The van der Waals surface area contributed by atoms with E-state index in [1.54, 1.807) is 0 Å². The minimum atomic E-state index is 0.236. The van der Waals surface area contributed by atoms with Gasteiger partial charge in [0.25, 0.3) is 0 Å². The standard InChI is InChI=1S/C15H24N2O2/c1-3-18-14-6-4-13(5-7-14)17-10-12(2)19-15(11-17)8-9-16/h4-7,12,15H,3,8-11,16H2,1-2H3. The maximum absolute atomic E-state index is 5.89. The molecule has 1 aromatic carbocycles. The second-order valence-electron chi connectivity index (χ2n) is 4.98. The molecule has 4 nitrogen and oxygen atoms in total. The third kappa shape index (κ3) is 3.85. The van der Waals surface area contributed by atoms with Gasteiger partial charge in [0.15, 0.2) is 0 Å². The Hall–Kier alpha value is -1.26. The average molecular weight is 264 g/mol. The monoisotopic (exact) mass is 264 g/mol. The lowest BCUT2D eigenvalue weighted by Gasteiger charge is -2.38. The summed E-state index contributed by atoms with van der Waals surface area (Å²) in [5.41, 5.74) is 6.85. The van der Waals surface area contributed by atoms with E-state index in [1.165, 1.54) is 5.69 Å². The van der Waals surface area contributed by atoms with E-state index in [0.717, 1.165) is 25.3 Å². The zero-order chi connectivity index (χ0) is 13.7. The Labute approximate surface area is 115 Å². The van der Waals surface area contributed by atoms with Gasteiger partial charge in [0.05, 0.1) is 18.8 Å². The Bertz CT molecular complexity index is 380. The molecule has 0 radical (unpaired) electrons. The molecule has 2 N–H and O–H groups in total. The first-order valence-corrected chi connectivity index (χ1v) is 7.06. The van der Waals surface area contributed by atoms with Crippen molar-refractivity contribution in [3.05, 3.63) is 24.3 Å². The van der Waals surface area contributed by atoms with Crippen LogP contribution in [0.25, 0.3) is 0 Å². The first-order valence-electron chi connectivity index (χ1n) is 7.06. The van der Waals surface area contributed by atoms with Gasteiger partial charge in [0, 0.05) is 18.8 Å². The molecule has 0 aromatic heterocycles. The fraction of sp³-hybridized carbons (Fsp3) is 0.600. The Morgan fingerprint density at radius 1 is 1.32 bits per heavy atom. The van der Waals surface area contributed by atoms with Crippen molar-refractivity contribution in [2.24, 2.45) is 5.73 Å². The van der Waals surface area contributed by atoms with Gasteiger partial charge in [-0.15, -0.1) is 0 Å². The molecule has 1 heterocycles. The van der Waals surface area contributed by atoms with E-state index in [0.29, 0.717) is 13.2 Å². The highest BCUT2D eigenvalue weighted by Gasteiger charge is 2.24. The number of morpholine rings is 1. The van der Waals surface area contributed by atoms with Crippen molar-refractivity contribution < 1.29 is 9.47 Å². The highest BCUT2D eigenvalue weighted by Crippen LogP contribution is 2.23. The van der Waals surface area contributed by atoms with E-state index >= 15 is 0 Å².